The van der Waals surface area contributed by atoms with Gasteiger partial charge in [-0.3, -0.25) is 0 Å². The van der Waals surface area contributed by atoms with Crippen LogP contribution < -0.4 is 11.1 Å². The molecule has 0 saturated heterocycles. The van der Waals surface area contributed by atoms with Crippen molar-refractivity contribution in [2.45, 2.75) is 26.2 Å². The maximum absolute atomic E-state index is 8.65. The van der Waals surface area contributed by atoms with E-state index in [2.05, 4.69) is 22.2 Å². The monoisotopic (exact) mass is 270 g/mol. The Morgan fingerprint density at radius 1 is 1.39 bits per heavy atom. The number of anilines is 2. The van der Waals surface area contributed by atoms with E-state index < -0.39 is 0 Å². The Morgan fingerprint density at radius 2 is 2.22 bits per heavy atom. The van der Waals surface area contributed by atoms with Gasteiger partial charge in [0.25, 0.3) is 0 Å². The third-order valence-corrected chi connectivity index (χ3v) is 3.34. The van der Waals surface area contributed by atoms with Gasteiger partial charge in [0, 0.05) is 31.4 Å². The number of rotatable bonds is 9. The molecule has 1 aromatic heterocycles. The molecule has 1 aromatic rings. The molecule has 0 spiro atoms. The number of nitrogens with zero attached hydrogens (tertiary/aromatic N) is 2. The summed E-state index contributed by atoms with van der Waals surface area (Å²) in [6.07, 6.45) is 2.72. The minimum atomic E-state index is 0.267. The minimum absolute atomic E-state index is 0.267. The van der Waals surface area contributed by atoms with Gasteiger partial charge in [0.2, 0.25) is 0 Å². The van der Waals surface area contributed by atoms with Crippen LogP contribution in [0.25, 0.3) is 0 Å². The molecule has 0 fully saturated rings. The number of aliphatic hydroxyl groups excluding tert-OH is 1. The van der Waals surface area contributed by atoms with Crippen LogP contribution in [-0.4, -0.2) is 39.7 Å². The second-order valence-electron chi connectivity index (χ2n) is 3.96. The molecule has 18 heavy (non-hydrogen) atoms. The molecule has 0 atom stereocenters. The first kappa shape index (κ1) is 15.0. The number of thioether (sulfide) groups is 1. The molecule has 0 aliphatic heterocycles. The SMILES string of the molecule is CCCc1nc(N)cc(NCCSCCCO)n1. The van der Waals surface area contributed by atoms with E-state index in [1.54, 1.807) is 6.07 Å². The predicted molar refractivity (Wildman–Crippen MR) is 78.0 cm³/mol. The van der Waals surface area contributed by atoms with Gasteiger partial charge in [-0.1, -0.05) is 6.92 Å². The second-order valence-corrected chi connectivity index (χ2v) is 5.19. The van der Waals surface area contributed by atoms with Crippen LogP contribution >= 0.6 is 11.8 Å². The third-order valence-electron chi connectivity index (χ3n) is 2.27. The Hall–Kier alpha value is -1.01. The van der Waals surface area contributed by atoms with Crippen LogP contribution in [0.5, 0.6) is 0 Å². The van der Waals surface area contributed by atoms with Crippen molar-refractivity contribution in [2.24, 2.45) is 0 Å². The summed E-state index contributed by atoms with van der Waals surface area (Å²) in [7, 11) is 0. The summed E-state index contributed by atoms with van der Waals surface area (Å²) in [5, 5.41) is 11.9. The minimum Gasteiger partial charge on any atom is -0.396 e. The van der Waals surface area contributed by atoms with Gasteiger partial charge in [0.05, 0.1) is 0 Å². The van der Waals surface area contributed by atoms with Crippen molar-refractivity contribution in [3.8, 4) is 0 Å². The number of nitrogens with one attached hydrogen (secondary N) is 1. The molecule has 1 rings (SSSR count). The molecular weight excluding hydrogens is 248 g/mol. The van der Waals surface area contributed by atoms with Crippen LogP contribution in [-0.2, 0) is 6.42 Å². The highest BCUT2D eigenvalue weighted by atomic mass is 32.2. The van der Waals surface area contributed by atoms with Gasteiger partial charge in [-0.2, -0.15) is 11.8 Å². The summed E-state index contributed by atoms with van der Waals surface area (Å²) in [6.45, 7) is 3.21. The quantitative estimate of drug-likeness (QED) is 0.590. The number of aryl methyl sites for hydroxylation is 1. The summed E-state index contributed by atoms with van der Waals surface area (Å²) >= 11 is 1.82. The second kappa shape index (κ2) is 8.99. The molecule has 5 nitrogen and oxygen atoms in total. The van der Waals surface area contributed by atoms with E-state index in [1.165, 1.54) is 0 Å². The van der Waals surface area contributed by atoms with Gasteiger partial charge in [-0.15, -0.1) is 0 Å². The van der Waals surface area contributed by atoms with Crippen LogP contribution in [0.3, 0.4) is 0 Å². The molecule has 0 amide bonds. The Balaban J connectivity index is 2.32. The van der Waals surface area contributed by atoms with Gasteiger partial charge in [0.15, 0.2) is 0 Å². The van der Waals surface area contributed by atoms with Crippen LogP contribution in [0.2, 0.25) is 0 Å². The van der Waals surface area contributed by atoms with Gasteiger partial charge < -0.3 is 16.2 Å². The zero-order valence-corrected chi connectivity index (χ0v) is 11.7. The highest BCUT2D eigenvalue weighted by Crippen LogP contribution is 2.10. The number of nitrogen functional groups attached to an aromatic ring is 1. The first-order valence-electron chi connectivity index (χ1n) is 6.32. The lowest BCUT2D eigenvalue weighted by Crippen LogP contribution is -2.09. The molecule has 0 radical (unpaired) electrons. The first-order valence-corrected chi connectivity index (χ1v) is 7.47. The number of hydrogen-bond donors (Lipinski definition) is 3. The van der Waals surface area contributed by atoms with Crippen molar-refractivity contribution >= 4 is 23.4 Å². The van der Waals surface area contributed by atoms with E-state index in [9.17, 15) is 0 Å². The average Bonchev–Trinajstić information content (AvgIpc) is 2.33. The van der Waals surface area contributed by atoms with Gasteiger partial charge in [-0.25, -0.2) is 9.97 Å². The van der Waals surface area contributed by atoms with Gasteiger partial charge in [-0.05, 0) is 18.6 Å². The highest BCUT2D eigenvalue weighted by Gasteiger charge is 2.01. The van der Waals surface area contributed by atoms with E-state index in [4.69, 9.17) is 10.8 Å². The predicted octanol–water partition coefficient (Wildman–Crippen LogP) is 1.54. The Labute approximate surface area is 113 Å². The fourth-order valence-corrected chi connectivity index (χ4v) is 2.25. The van der Waals surface area contributed by atoms with Crippen molar-refractivity contribution in [3.63, 3.8) is 0 Å². The van der Waals surface area contributed by atoms with Crippen molar-refractivity contribution in [2.75, 3.05) is 35.7 Å². The summed E-state index contributed by atoms with van der Waals surface area (Å²) < 4.78 is 0. The van der Waals surface area contributed by atoms with E-state index >= 15 is 0 Å². The van der Waals surface area contributed by atoms with Crippen LogP contribution in [0.4, 0.5) is 11.6 Å². The third kappa shape index (κ3) is 6.07. The Morgan fingerprint density at radius 3 is 2.94 bits per heavy atom. The lowest BCUT2D eigenvalue weighted by atomic mass is 10.3. The molecule has 0 aliphatic carbocycles. The smallest absolute Gasteiger partial charge is 0.133 e. The van der Waals surface area contributed by atoms with Crippen molar-refractivity contribution in [1.29, 1.82) is 0 Å². The van der Waals surface area contributed by atoms with E-state index in [-0.39, 0.29) is 6.61 Å². The topological polar surface area (TPSA) is 84.1 Å². The van der Waals surface area contributed by atoms with E-state index in [0.717, 1.165) is 49.0 Å². The highest BCUT2D eigenvalue weighted by molar-refractivity contribution is 7.99. The van der Waals surface area contributed by atoms with Crippen LogP contribution in [0.15, 0.2) is 6.07 Å². The maximum Gasteiger partial charge on any atom is 0.133 e. The summed E-state index contributed by atoms with van der Waals surface area (Å²) in [5.74, 6) is 4.10. The molecule has 0 saturated carbocycles. The summed E-state index contributed by atoms with van der Waals surface area (Å²) in [6, 6.07) is 1.76. The molecule has 1 heterocycles. The molecular formula is C12H22N4OS. The zero-order valence-electron chi connectivity index (χ0n) is 10.9. The van der Waals surface area contributed by atoms with Crippen LogP contribution in [0, 0.1) is 0 Å². The Kier molecular flexibility index (Phi) is 7.52. The van der Waals surface area contributed by atoms with Gasteiger partial charge >= 0.3 is 0 Å². The summed E-state index contributed by atoms with van der Waals surface area (Å²) in [5.41, 5.74) is 5.74. The van der Waals surface area contributed by atoms with Crippen LogP contribution in [0.1, 0.15) is 25.6 Å². The molecule has 0 unspecified atom stereocenters. The number of hydrogen-bond acceptors (Lipinski definition) is 6. The zero-order chi connectivity index (χ0) is 13.2. The molecule has 102 valence electrons. The summed E-state index contributed by atoms with van der Waals surface area (Å²) in [4.78, 5) is 8.59. The van der Waals surface area contributed by atoms with E-state index in [1.807, 2.05) is 11.8 Å². The van der Waals surface area contributed by atoms with Crippen molar-refractivity contribution < 1.29 is 5.11 Å². The van der Waals surface area contributed by atoms with Gasteiger partial charge in [0.1, 0.15) is 17.5 Å². The van der Waals surface area contributed by atoms with Crippen molar-refractivity contribution in [1.82, 2.24) is 9.97 Å². The number of aliphatic hydroxyl groups is 1. The molecule has 6 heteroatoms. The molecule has 4 N–H and O–H groups in total. The number of aromatic nitrogens is 2. The fraction of sp³-hybridized carbons (Fsp3) is 0.667. The molecule has 0 aliphatic rings. The standard InChI is InChI=1S/C12H22N4OS/c1-2-4-11-15-10(13)9-12(16-11)14-5-8-18-7-3-6-17/h9,17H,2-8H2,1H3,(H3,13,14,15,16). The molecule has 0 bridgehead atoms. The lowest BCUT2D eigenvalue weighted by Gasteiger charge is -2.07. The largest absolute Gasteiger partial charge is 0.396 e. The Bertz CT molecular complexity index is 349. The van der Waals surface area contributed by atoms with E-state index in [0.29, 0.717) is 5.82 Å². The molecule has 0 aromatic carbocycles. The lowest BCUT2D eigenvalue weighted by molar-refractivity contribution is 0.296. The first-order chi connectivity index (χ1) is 8.76. The van der Waals surface area contributed by atoms with Crippen molar-refractivity contribution in [3.05, 3.63) is 11.9 Å². The maximum atomic E-state index is 8.65. The fourth-order valence-electron chi connectivity index (χ4n) is 1.46. The number of nitrogens with two attached hydrogens (primary N) is 1. The average molecular weight is 270 g/mol. The normalized spacial score (nSPS) is 10.6.